The second-order valence-corrected chi connectivity index (χ2v) is 3.95. The Labute approximate surface area is 115 Å². The Morgan fingerprint density at radius 1 is 1.60 bits per heavy atom. The fourth-order valence-corrected chi connectivity index (χ4v) is 1.64. The van der Waals surface area contributed by atoms with Crippen molar-refractivity contribution in [2.45, 2.75) is 0 Å². The van der Waals surface area contributed by atoms with Crippen LogP contribution < -0.4 is 0 Å². The van der Waals surface area contributed by atoms with Gasteiger partial charge in [0.05, 0.1) is 11.5 Å². The molecule has 0 heterocycles. The van der Waals surface area contributed by atoms with Gasteiger partial charge in [-0.05, 0) is 12.1 Å². The number of halogens is 1. The highest BCUT2D eigenvalue weighted by Gasteiger charge is 2.24. The maximum Gasteiger partial charge on any atom is 0.282 e. The van der Waals surface area contributed by atoms with Crippen molar-refractivity contribution in [1.82, 2.24) is 4.90 Å². The molecule has 20 heavy (non-hydrogen) atoms. The fourth-order valence-electron chi connectivity index (χ4n) is 1.64. The number of amides is 1. The van der Waals surface area contributed by atoms with E-state index in [1.807, 2.05) is 0 Å². The maximum absolute atomic E-state index is 13.2. The minimum atomic E-state index is -0.713. The molecule has 6 nitrogen and oxygen atoms in total. The van der Waals surface area contributed by atoms with Gasteiger partial charge in [-0.25, -0.2) is 4.39 Å². The summed E-state index contributed by atoms with van der Waals surface area (Å²) < 4.78 is 18.1. The van der Waals surface area contributed by atoms with Gasteiger partial charge in [0.1, 0.15) is 11.4 Å². The Morgan fingerprint density at radius 2 is 2.30 bits per heavy atom. The van der Waals surface area contributed by atoms with E-state index < -0.39 is 22.3 Å². The van der Waals surface area contributed by atoms with Gasteiger partial charge in [-0.2, -0.15) is 0 Å². The summed E-state index contributed by atoms with van der Waals surface area (Å²) in [7, 11) is 1.47. The van der Waals surface area contributed by atoms with Crippen LogP contribution in [0.2, 0.25) is 0 Å². The number of methoxy groups -OCH3 is 1. The molecule has 0 spiro atoms. The first kappa shape index (κ1) is 15.8. The first-order chi connectivity index (χ1) is 9.51. The predicted octanol–water partition coefficient (Wildman–Crippen LogP) is 2.01. The minimum absolute atomic E-state index is 0.190. The van der Waals surface area contributed by atoms with Crippen molar-refractivity contribution in [3.63, 3.8) is 0 Å². The smallest absolute Gasteiger partial charge is 0.282 e. The highest BCUT2D eigenvalue weighted by molar-refractivity contribution is 5.98. The van der Waals surface area contributed by atoms with Crippen LogP contribution in [0.5, 0.6) is 0 Å². The third-order valence-corrected chi connectivity index (χ3v) is 2.59. The van der Waals surface area contributed by atoms with Crippen LogP contribution in [0.25, 0.3) is 0 Å². The number of ether oxygens (including phenoxy) is 1. The van der Waals surface area contributed by atoms with Crippen molar-refractivity contribution >= 4 is 11.6 Å². The van der Waals surface area contributed by atoms with Crippen LogP contribution in [-0.2, 0) is 4.74 Å². The van der Waals surface area contributed by atoms with Gasteiger partial charge in [0.2, 0.25) is 0 Å². The number of nitro benzene ring substituents is 1. The summed E-state index contributed by atoms with van der Waals surface area (Å²) in [6, 6.07) is 2.79. The summed E-state index contributed by atoms with van der Waals surface area (Å²) in [6.45, 7) is 4.21. The zero-order valence-electron chi connectivity index (χ0n) is 11.0. The summed E-state index contributed by atoms with van der Waals surface area (Å²) in [4.78, 5) is 23.8. The van der Waals surface area contributed by atoms with E-state index in [1.54, 1.807) is 0 Å². The molecule has 0 aliphatic rings. The Morgan fingerprint density at radius 3 is 2.85 bits per heavy atom. The van der Waals surface area contributed by atoms with Crippen molar-refractivity contribution in [2.24, 2.45) is 0 Å². The van der Waals surface area contributed by atoms with Gasteiger partial charge in [-0.1, -0.05) is 6.08 Å². The SMILES string of the molecule is C=CCN(CCOC)C(=O)c1cc(F)ccc1[N+](=O)[O-]. The highest BCUT2D eigenvalue weighted by atomic mass is 19.1. The van der Waals surface area contributed by atoms with Gasteiger partial charge in [-0.15, -0.1) is 6.58 Å². The topological polar surface area (TPSA) is 72.7 Å². The molecule has 1 rings (SSSR count). The monoisotopic (exact) mass is 282 g/mol. The van der Waals surface area contributed by atoms with Crippen LogP contribution in [0.3, 0.4) is 0 Å². The molecular formula is C13H15FN2O4. The number of rotatable bonds is 7. The van der Waals surface area contributed by atoms with E-state index >= 15 is 0 Å². The number of hydrogen-bond donors (Lipinski definition) is 0. The molecule has 0 saturated carbocycles. The third kappa shape index (κ3) is 3.86. The van der Waals surface area contributed by atoms with Crippen LogP contribution >= 0.6 is 0 Å². The second kappa shape index (κ2) is 7.34. The zero-order valence-corrected chi connectivity index (χ0v) is 11.0. The molecular weight excluding hydrogens is 267 g/mol. The zero-order chi connectivity index (χ0) is 15.1. The van der Waals surface area contributed by atoms with Crippen LogP contribution in [0, 0.1) is 15.9 Å². The van der Waals surface area contributed by atoms with Gasteiger partial charge >= 0.3 is 0 Å². The van der Waals surface area contributed by atoms with E-state index in [1.165, 1.54) is 18.1 Å². The molecule has 1 amide bonds. The van der Waals surface area contributed by atoms with Gasteiger partial charge in [0.15, 0.2) is 0 Å². The number of benzene rings is 1. The molecule has 0 aliphatic carbocycles. The molecule has 0 unspecified atom stereocenters. The molecule has 0 aromatic heterocycles. The minimum Gasteiger partial charge on any atom is -0.383 e. The lowest BCUT2D eigenvalue weighted by Gasteiger charge is -2.20. The van der Waals surface area contributed by atoms with Gasteiger partial charge in [0, 0.05) is 26.3 Å². The number of nitrogens with zero attached hydrogens (tertiary/aromatic N) is 2. The van der Waals surface area contributed by atoms with E-state index in [0.717, 1.165) is 18.2 Å². The molecule has 7 heteroatoms. The second-order valence-electron chi connectivity index (χ2n) is 3.95. The summed E-state index contributed by atoms with van der Waals surface area (Å²) >= 11 is 0. The van der Waals surface area contributed by atoms with E-state index in [2.05, 4.69) is 6.58 Å². The van der Waals surface area contributed by atoms with Crippen molar-refractivity contribution < 1.29 is 18.8 Å². The number of nitro groups is 1. The van der Waals surface area contributed by atoms with Gasteiger partial charge in [0.25, 0.3) is 11.6 Å². The Hall–Kier alpha value is -2.28. The summed E-state index contributed by atoms with van der Waals surface area (Å²) in [5.41, 5.74) is -0.712. The maximum atomic E-state index is 13.2. The van der Waals surface area contributed by atoms with Gasteiger partial charge in [-0.3, -0.25) is 14.9 Å². The Balaban J connectivity index is 3.12. The summed E-state index contributed by atoms with van der Waals surface area (Å²) in [5.74, 6) is -1.34. The summed E-state index contributed by atoms with van der Waals surface area (Å²) in [6.07, 6.45) is 1.48. The Bertz CT molecular complexity index is 519. The molecule has 0 N–H and O–H groups in total. The van der Waals surface area contributed by atoms with Crippen molar-refractivity contribution in [3.8, 4) is 0 Å². The van der Waals surface area contributed by atoms with Crippen LogP contribution in [0.1, 0.15) is 10.4 Å². The lowest BCUT2D eigenvalue weighted by atomic mass is 10.1. The van der Waals surface area contributed by atoms with Crippen LogP contribution in [0.15, 0.2) is 30.9 Å². The van der Waals surface area contributed by atoms with Crippen molar-refractivity contribution in [2.75, 3.05) is 26.8 Å². The first-order valence-electron chi connectivity index (χ1n) is 5.84. The quantitative estimate of drug-likeness (QED) is 0.435. The molecule has 0 atom stereocenters. The molecule has 1 aromatic rings. The van der Waals surface area contributed by atoms with E-state index in [9.17, 15) is 19.3 Å². The van der Waals surface area contributed by atoms with Crippen LogP contribution in [-0.4, -0.2) is 42.5 Å². The average Bonchev–Trinajstić information content (AvgIpc) is 2.42. The molecule has 0 bridgehead atoms. The molecule has 0 aliphatic heterocycles. The first-order valence-corrected chi connectivity index (χ1v) is 5.84. The van der Waals surface area contributed by atoms with Crippen molar-refractivity contribution in [1.29, 1.82) is 0 Å². The molecule has 1 aromatic carbocycles. The normalized spacial score (nSPS) is 10.1. The fraction of sp³-hybridized carbons (Fsp3) is 0.308. The predicted molar refractivity (Wildman–Crippen MR) is 71.0 cm³/mol. The molecule has 0 saturated heterocycles. The summed E-state index contributed by atoms with van der Waals surface area (Å²) in [5, 5.41) is 10.9. The standard InChI is InChI=1S/C13H15FN2O4/c1-3-6-15(7-8-20-2)13(17)11-9-10(14)4-5-12(11)16(18)19/h3-5,9H,1,6-8H2,2H3. The molecule has 0 fully saturated rings. The highest BCUT2D eigenvalue weighted by Crippen LogP contribution is 2.21. The van der Waals surface area contributed by atoms with Crippen molar-refractivity contribution in [3.05, 3.63) is 52.3 Å². The molecule has 108 valence electrons. The van der Waals surface area contributed by atoms with Crippen LogP contribution in [0.4, 0.5) is 10.1 Å². The van der Waals surface area contributed by atoms with Gasteiger partial charge < -0.3 is 9.64 Å². The third-order valence-electron chi connectivity index (χ3n) is 2.59. The van der Waals surface area contributed by atoms with E-state index in [0.29, 0.717) is 0 Å². The largest absolute Gasteiger partial charge is 0.383 e. The Kier molecular flexibility index (Phi) is 5.79. The number of carbonyl (C=O) groups excluding carboxylic acids is 1. The van der Waals surface area contributed by atoms with E-state index in [4.69, 9.17) is 4.74 Å². The average molecular weight is 282 g/mol. The van der Waals surface area contributed by atoms with E-state index in [-0.39, 0.29) is 25.3 Å². The lowest BCUT2D eigenvalue weighted by molar-refractivity contribution is -0.385. The molecule has 0 radical (unpaired) electrons. The number of carbonyl (C=O) groups is 1. The number of hydrogen-bond acceptors (Lipinski definition) is 4. The lowest BCUT2D eigenvalue weighted by Crippen LogP contribution is -2.34.